The Labute approximate surface area is 187 Å². The zero-order valence-electron chi connectivity index (χ0n) is 17.4. The normalized spacial score (nSPS) is 54.6. The second-order valence-corrected chi connectivity index (χ2v) is 8.62. The van der Waals surface area contributed by atoms with E-state index in [9.17, 15) is 46.0 Å². The van der Waals surface area contributed by atoms with E-state index in [-0.39, 0.29) is 0 Å². The predicted molar refractivity (Wildman–Crippen MR) is 98.0 cm³/mol. The van der Waals surface area contributed by atoms with Crippen molar-refractivity contribution in [2.24, 2.45) is 0 Å². The fraction of sp³-hybridized carbons (Fsp3) is 1.00. The summed E-state index contributed by atoms with van der Waals surface area (Å²) in [4.78, 5) is 0. The summed E-state index contributed by atoms with van der Waals surface area (Å²) >= 11 is 0. The van der Waals surface area contributed by atoms with Crippen molar-refractivity contribution in [2.45, 2.75) is 72.3 Å². The van der Waals surface area contributed by atoms with E-state index >= 15 is 0 Å². The average Bonchev–Trinajstić information content (AvgIpc) is 3.32. The monoisotopic (exact) mass is 486 g/mol. The lowest BCUT2D eigenvalue weighted by atomic mass is 10.0. The first-order chi connectivity index (χ1) is 15.6. The molecule has 0 spiro atoms. The van der Waals surface area contributed by atoms with Gasteiger partial charge in [-0.15, -0.1) is 0 Å². The van der Waals surface area contributed by atoms with Gasteiger partial charge in [0.25, 0.3) is 0 Å². The lowest BCUT2D eigenvalue weighted by molar-refractivity contribution is -0.356. The molecule has 0 aromatic carbocycles. The SMILES string of the molecule is OC[C@H]1O[C@@](CO)(OC[C@@]23OC[C@@H]4O[C@](CO)(OC[C@@H](O2)[C@@H](O)[C@@H]3O)[C@H](O)[C@H]4O)[C@@H](O)[C@@H]1O. The Morgan fingerprint density at radius 3 is 1.73 bits per heavy atom. The Hall–Kier alpha value is -0.600. The Bertz CT molecular complexity index is 698. The minimum absolute atomic E-state index is 0.504. The van der Waals surface area contributed by atoms with E-state index in [1.54, 1.807) is 0 Å². The third-order valence-corrected chi connectivity index (χ3v) is 6.64. The maximum Gasteiger partial charge on any atom is 0.222 e. The van der Waals surface area contributed by atoms with Gasteiger partial charge in [0.05, 0.1) is 19.8 Å². The molecule has 4 fully saturated rings. The molecule has 12 atom stereocenters. The molecule has 0 aliphatic carbocycles. The Balaban J connectivity index is 1.57. The second-order valence-electron chi connectivity index (χ2n) is 8.62. The van der Waals surface area contributed by atoms with Crippen LogP contribution in [0.4, 0.5) is 0 Å². The van der Waals surface area contributed by atoms with Crippen molar-refractivity contribution in [1.29, 1.82) is 0 Å². The number of fused-ring (bicyclic) bond motifs is 4. The maximum absolute atomic E-state index is 10.7. The topological polar surface area (TPSA) is 237 Å². The summed E-state index contributed by atoms with van der Waals surface area (Å²) in [6.45, 7) is -4.27. The summed E-state index contributed by atoms with van der Waals surface area (Å²) in [5.41, 5.74) is 0. The number of rotatable bonds is 6. The minimum Gasteiger partial charge on any atom is -0.394 e. The molecule has 4 rings (SSSR count). The van der Waals surface area contributed by atoms with Crippen LogP contribution >= 0.6 is 0 Å². The molecule has 4 heterocycles. The van der Waals surface area contributed by atoms with Gasteiger partial charge in [-0.2, -0.15) is 0 Å². The van der Waals surface area contributed by atoms with Gasteiger partial charge in [0.15, 0.2) is 0 Å². The van der Waals surface area contributed by atoms with Gasteiger partial charge in [0.2, 0.25) is 17.4 Å². The lowest BCUT2D eigenvalue weighted by Gasteiger charge is -2.38. The van der Waals surface area contributed by atoms with Gasteiger partial charge in [0, 0.05) is 0 Å². The van der Waals surface area contributed by atoms with Crippen molar-refractivity contribution in [1.82, 2.24) is 0 Å². The Morgan fingerprint density at radius 1 is 0.667 bits per heavy atom. The molecule has 0 saturated carbocycles. The molecule has 0 aromatic heterocycles. The van der Waals surface area contributed by atoms with Gasteiger partial charge in [0.1, 0.15) is 74.8 Å². The first-order valence-corrected chi connectivity index (χ1v) is 10.4. The smallest absolute Gasteiger partial charge is 0.222 e. The summed E-state index contributed by atoms with van der Waals surface area (Å²) in [7, 11) is 0. The van der Waals surface area contributed by atoms with Crippen LogP contribution in [0.1, 0.15) is 0 Å². The average molecular weight is 486 g/mol. The Morgan fingerprint density at radius 2 is 1.21 bits per heavy atom. The van der Waals surface area contributed by atoms with Gasteiger partial charge in [-0.25, -0.2) is 0 Å². The highest BCUT2D eigenvalue weighted by Crippen LogP contribution is 2.41. The van der Waals surface area contributed by atoms with Crippen molar-refractivity contribution in [3.8, 4) is 0 Å². The van der Waals surface area contributed by atoms with E-state index in [1.165, 1.54) is 0 Å². The van der Waals surface area contributed by atoms with Crippen LogP contribution in [0, 0.1) is 0 Å². The molecule has 15 nitrogen and oxygen atoms in total. The van der Waals surface area contributed by atoms with E-state index in [4.69, 9.17) is 28.4 Å². The minimum atomic E-state index is -2.21. The molecule has 0 radical (unpaired) electrons. The number of aliphatic hydroxyl groups is 9. The molecule has 4 bridgehead atoms. The summed E-state index contributed by atoms with van der Waals surface area (Å²) in [5, 5.41) is 91.0. The zero-order chi connectivity index (χ0) is 24.2. The highest BCUT2D eigenvalue weighted by molar-refractivity contribution is 5.03. The fourth-order valence-electron chi connectivity index (χ4n) is 4.53. The molecule has 33 heavy (non-hydrogen) atoms. The van der Waals surface area contributed by atoms with Crippen LogP contribution in [-0.4, -0.2) is 158 Å². The van der Waals surface area contributed by atoms with Crippen molar-refractivity contribution >= 4 is 0 Å². The van der Waals surface area contributed by atoms with Gasteiger partial charge in [-0.1, -0.05) is 0 Å². The van der Waals surface area contributed by atoms with Gasteiger partial charge in [-0.3, -0.25) is 0 Å². The summed E-state index contributed by atoms with van der Waals surface area (Å²) in [6.07, 6.45) is -13.7. The van der Waals surface area contributed by atoms with Crippen LogP contribution in [0.25, 0.3) is 0 Å². The van der Waals surface area contributed by atoms with Crippen LogP contribution in [-0.2, 0) is 28.4 Å². The molecular weight excluding hydrogens is 456 g/mol. The highest BCUT2D eigenvalue weighted by Gasteiger charge is 2.63. The van der Waals surface area contributed by atoms with Crippen molar-refractivity contribution in [3.63, 3.8) is 0 Å². The van der Waals surface area contributed by atoms with E-state index in [0.29, 0.717) is 0 Å². The molecule has 9 N–H and O–H groups in total. The molecule has 0 aromatic rings. The first kappa shape index (κ1) is 25.5. The van der Waals surface area contributed by atoms with E-state index in [1.807, 2.05) is 0 Å². The molecule has 4 aliphatic heterocycles. The maximum atomic E-state index is 10.7. The number of hydrogen-bond donors (Lipinski definition) is 9. The Kier molecular flexibility index (Phi) is 7.05. The van der Waals surface area contributed by atoms with Crippen LogP contribution in [0.3, 0.4) is 0 Å². The van der Waals surface area contributed by atoms with Crippen molar-refractivity contribution in [2.75, 3.05) is 39.6 Å². The standard InChI is InChI=1S/C18H30O15/c19-1-7-10(22)13(25)17(5-21,31-7)30-6-18-15(27)12(24)9(33-18)2-28-16(4-20)14(26)11(23)8(32-16)3-29-18/h7-15,19-27H,1-6H2/t7-,8+,9-,10-,11+,12-,13+,14-,15+,16+,17-,18-/m1/s1. The number of ether oxygens (including phenoxy) is 6. The quantitative estimate of drug-likeness (QED) is 0.170. The van der Waals surface area contributed by atoms with E-state index in [2.05, 4.69) is 0 Å². The summed E-state index contributed by atoms with van der Waals surface area (Å²) < 4.78 is 33.1. The summed E-state index contributed by atoms with van der Waals surface area (Å²) in [5.74, 6) is -6.36. The largest absolute Gasteiger partial charge is 0.394 e. The van der Waals surface area contributed by atoms with Crippen molar-refractivity contribution < 1.29 is 74.4 Å². The summed E-state index contributed by atoms with van der Waals surface area (Å²) in [6, 6.07) is 0. The van der Waals surface area contributed by atoms with Crippen molar-refractivity contribution in [3.05, 3.63) is 0 Å². The molecule has 0 amide bonds. The fourth-order valence-corrected chi connectivity index (χ4v) is 4.53. The molecule has 0 unspecified atom stereocenters. The lowest BCUT2D eigenvalue weighted by Crippen LogP contribution is -2.56. The molecule has 4 saturated heterocycles. The molecular formula is C18H30O15. The predicted octanol–water partition coefficient (Wildman–Crippen LogP) is -6.52. The first-order valence-electron chi connectivity index (χ1n) is 10.4. The second kappa shape index (κ2) is 9.12. The van der Waals surface area contributed by atoms with E-state index < -0.39 is 112 Å². The van der Waals surface area contributed by atoms with Gasteiger partial charge >= 0.3 is 0 Å². The zero-order valence-corrected chi connectivity index (χ0v) is 17.4. The molecule has 192 valence electrons. The van der Waals surface area contributed by atoms with E-state index in [0.717, 1.165) is 0 Å². The third-order valence-electron chi connectivity index (χ3n) is 6.64. The highest BCUT2D eigenvalue weighted by atomic mass is 16.8. The number of aliphatic hydroxyl groups excluding tert-OH is 9. The molecule has 15 heteroatoms. The van der Waals surface area contributed by atoms with Crippen LogP contribution in [0.2, 0.25) is 0 Å². The number of hydrogen-bond acceptors (Lipinski definition) is 15. The van der Waals surface area contributed by atoms with Gasteiger partial charge < -0.3 is 74.4 Å². The van der Waals surface area contributed by atoms with Crippen LogP contribution in [0.15, 0.2) is 0 Å². The molecule has 4 aliphatic rings. The third kappa shape index (κ3) is 3.90. The van der Waals surface area contributed by atoms with Gasteiger partial charge in [-0.05, 0) is 0 Å². The van der Waals surface area contributed by atoms with Crippen LogP contribution in [0.5, 0.6) is 0 Å². The van der Waals surface area contributed by atoms with Crippen LogP contribution < -0.4 is 0 Å².